The second kappa shape index (κ2) is 5.83. The summed E-state index contributed by atoms with van der Waals surface area (Å²) in [7, 11) is 2.21. The van der Waals surface area contributed by atoms with E-state index in [2.05, 4.69) is 56.8 Å². The molecule has 0 N–H and O–H groups in total. The molecule has 1 aromatic heterocycles. The third-order valence-corrected chi connectivity index (χ3v) is 3.81. The van der Waals surface area contributed by atoms with Gasteiger partial charge >= 0.3 is 0 Å². The maximum atomic E-state index is 4.59. The molecule has 2 heterocycles. The highest BCUT2D eigenvalue weighted by molar-refractivity contribution is 9.10. The second-order valence-electron chi connectivity index (χ2n) is 4.69. The van der Waals surface area contributed by atoms with Crippen LogP contribution in [0.3, 0.4) is 0 Å². The molecule has 0 saturated carbocycles. The molecule has 2 rings (SSSR count). The van der Waals surface area contributed by atoms with Crippen LogP contribution in [0.5, 0.6) is 0 Å². The van der Waals surface area contributed by atoms with Gasteiger partial charge in [0.2, 0.25) is 0 Å². The summed E-state index contributed by atoms with van der Waals surface area (Å²) in [5.41, 5.74) is 0. The average Bonchev–Trinajstić information content (AvgIpc) is 2.50. The van der Waals surface area contributed by atoms with Crippen LogP contribution in [-0.4, -0.2) is 42.6 Å². The fourth-order valence-electron chi connectivity index (χ4n) is 2.45. The van der Waals surface area contributed by atoms with Crippen molar-refractivity contribution in [1.82, 2.24) is 9.88 Å². The smallest absolute Gasteiger partial charge is 0.130 e. The Morgan fingerprint density at radius 2 is 2.24 bits per heavy atom. The Labute approximate surface area is 112 Å². The van der Waals surface area contributed by atoms with Crippen LogP contribution < -0.4 is 4.90 Å². The Morgan fingerprint density at radius 1 is 1.41 bits per heavy atom. The Bertz CT molecular complexity index is 369. The van der Waals surface area contributed by atoms with Crippen LogP contribution in [0.15, 0.2) is 22.8 Å². The van der Waals surface area contributed by atoms with Gasteiger partial charge in [-0.05, 0) is 54.5 Å². The van der Waals surface area contributed by atoms with E-state index in [1.165, 1.54) is 19.4 Å². The van der Waals surface area contributed by atoms with Crippen molar-refractivity contribution >= 4 is 21.7 Å². The van der Waals surface area contributed by atoms with Gasteiger partial charge in [-0.2, -0.15) is 0 Å². The van der Waals surface area contributed by atoms with E-state index < -0.39 is 0 Å². The largest absolute Gasteiger partial charge is 0.352 e. The highest BCUT2D eigenvalue weighted by Gasteiger charge is 2.22. The van der Waals surface area contributed by atoms with E-state index in [1.54, 1.807) is 0 Å². The molecule has 1 fully saturated rings. The quantitative estimate of drug-likeness (QED) is 0.783. The lowest BCUT2D eigenvalue weighted by molar-refractivity contribution is 0.327. The van der Waals surface area contributed by atoms with Crippen LogP contribution in [0.4, 0.5) is 5.82 Å². The summed E-state index contributed by atoms with van der Waals surface area (Å²) >= 11 is 3.45. The number of hydrogen-bond donors (Lipinski definition) is 0. The van der Waals surface area contributed by atoms with Crippen molar-refractivity contribution in [2.24, 2.45) is 0 Å². The predicted octanol–water partition coefficient (Wildman–Crippen LogP) is 2.76. The molecule has 0 radical (unpaired) electrons. The first-order valence-electron chi connectivity index (χ1n) is 6.28. The lowest BCUT2D eigenvalue weighted by atomic mass is 10.2. The monoisotopic (exact) mass is 297 g/mol. The summed E-state index contributed by atoms with van der Waals surface area (Å²) in [6.07, 6.45) is 2.37. The third-order valence-electron chi connectivity index (χ3n) is 3.37. The molecule has 1 aliphatic heterocycles. The van der Waals surface area contributed by atoms with Gasteiger partial charge in [0, 0.05) is 19.1 Å². The molecule has 0 amide bonds. The van der Waals surface area contributed by atoms with Crippen LogP contribution in [0, 0.1) is 0 Å². The molecule has 1 atom stereocenters. The zero-order valence-corrected chi connectivity index (χ0v) is 12.2. The summed E-state index contributed by atoms with van der Waals surface area (Å²) in [5.74, 6) is 1.10. The molecule has 4 heteroatoms. The van der Waals surface area contributed by atoms with Gasteiger partial charge in [-0.1, -0.05) is 13.0 Å². The Morgan fingerprint density at radius 3 is 2.94 bits per heavy atom. The Hall–Kier alpha value is -0.610. The van der Waals surface area contributed by atoms with Gasteiger partial charge in [-0.15, -0.1) is 0 Å². The molecule has 0 aromatic carbocycles. The van der Waals surface area contributed by atoms with Crippen LogP contribution in [0.2, 0.25) is 0 Å². The maximum absolute atomic E-state index is 4.59. The Balaban J connectivity index is 2.22. The molecular weight excluding hydrogens is 278 g/mol. The number of anilines is 1. The molecule has 1 unspecified atom stereocenters. The van der Waals surface area contributed by atoms with Crippen LogP contribution >= 0.6 is 15.9 Å². The number of halogens is 1. The summed E-state index contributed by atoms with van der Waals surface area (Å²) < 4.78 is 0.919. The fraction of sp³-hybridized carbons (Fsp3) is 0.615. The van der Waals surface area contributed by atoms with Crippen molar-refractivity contribution in [3.05, 3.63) is 22.8 Å². The topological polar surface area (TPSA) is 19.4 Å². The summed E-state index contributed by atoms with van der Waals surface area (Å²) in [6, 6.07) is 6.73. The van der Waals surface area contributed by atoms with Gasteiger partial charge in [0.25, 0.3) is 0 Å². The van der Waals surface area contributed by atoms with Gasteiger partial charge in [0.15, 0.2) is 0 Å². The minimum absolute atomic E-state index is 0.573. The van der Waals surface area contributed by atoms with Gasteiger partial charge in [0.1, 0.15) is 10.4 Å². The van der Waals surface area contributed by atoms with Crippen molar-refractivity contribution < 1.29 is 0 Å². The normalized spacial score (nSPS) is 22.5. The first-order chi connectivity index (χ1) is 8.20. The van der Waals surface area contributed by atoms with Crippen molar-refractivity contribution in [2.75, 3.05) is 31.6 Å². The molecular formula is C13H20BrN3. The van der Waals surface area contributed by atoms with E-state index in [1.807, 2.05) is 6.07 Å². The number of likely N-dealkylation sites (N-methyl/N-ethyl adjacent to an activating group) is 1. The minimum Gasteiger partial charge on any atom is -0.352 e. The minimum atomic E-state index is 0.573. The van der Waals surface area contributed by atoms with Gasteiger partial charge in [0.05, 0.1) is 0 Å². The molecule has 1 aromatic rings. The number of aromatic nitrogens is 1. The number of pyridine rings is 1. The zero-order chi connectivity index (χ0) is 12.3. The summed E-state index contributed by atoms with van der Waals surface area (Å²) in [4.78, 5) is 9.46. The molecule has 0 bridgehead atoms. The molecule has 0 aliphatic carbocycles. The molecule has 3 nitrogen and oxygen atoms in total. The molecule has 1 saturated heterocycles. The van der Waals surface area contributed by atoms with Gasteiger partial charge in [-0.3, -0.25) is 0 Å². The van der Waals surface area contributed by atoms with Crippen molar-refractivity contribution in [3.63, 3.8) is 0 Å². The van der Waals surface area contributed by atoms with E-state index in [9.17, 15) is 0 Å². The van der Waals surface area contributed by atoms with E-state index in [0.717, 1.165) is 23.5 Å². The van der Waals surface area contributed by atoms with Gasteiger partial charge < -0.3 is 9.80 Å². The standard InChI is InChI=1S/C13H20BrN3/c1-3-11-10-16(2)8-5-9-17(11)13-7-4-6-12(14)15-13/h4,6-7,11H,3,5,8-10H2,1-2H3. The van der Waals surface area contributed by atoms with Crippen molar-refractivity contribution in [2.45, 2.75) is 25.8 Å². The first-order valence-corrected chi connectivity index (χ1v) is 7.07. The highest BCUT2D eigenvalue weighted by Crippen LogP contribution is 2.21. The lowest BCUT2D eigenvalue weighted by Crippen LogP contribution is -2.40. The Kier molecular flexibility index (Phi) is 4.40. The van der Waals surface area contributed by atoms with E-state index in [0.29, 0.717) is 6.04 Å². The van der Waals surface area contributed by atoms with Crippen molar-refractivity contribution in [1.29, 1.82) is 0 Å². The van der Waals surface area contributed by atoms with E-state index >= 15 is 0 Å². The number of rotatable bonds is 2. The highest BCUT2D eigenvalue weighted by atomic mass is 79.9. The SMILES string of the molecule is CCC1CN(C)CCCN1c1cccc(Br)n1. The van der Waals surface area contributed by atoms with E-state index in [4.69, 9.17) is 0 Å². The van der Waals surface area contributed by atoms with Crippen LogP contribution in [0.1, 0.15) is 19.8 Å². The molecule has 0 spiro atoms. The third kappa shape index (κ3) is 3.19. The van der Waals surface area contributed by atoms with Crippen molar-refractivity contribution in [3.8, 4) is 0 Å². The zero-order valence-electron chi connectivity index (χ0n) is 10.6. The summed E-state index contributed by atoms with van der Waals surface area (Å²) in [6.45, 7) is 5.67. The maximum Gasteiger partial charge on any atom is 0.130 e. The first kappa shape index (κ1) is 12.8. The molecule has 1 aliphatic rings. The van der Waals surface area contributed by atoms with Crippen LogP contribution in [-0.2, 0) is 0 Å². The van der Waals surface area contributed by atoms with Crippen LogP contribution in [0.25, 0.3) is 0 Å². The molecule has 94 valence electrons. The predicted molar refractivity (Wildman–Crippen MR) is 75.5 cm³/mol. The fourth-order valence-corrected chi connectivity index (χ4v) is 2.79. The lowest BCUT2D eigenvalue weighted by Gasteiger charge is -2.31. The number of nitrogens with zero attached hydrogens (tertiary/aromatic N) is 3. The number of hydrogen-bond acceptors (Lipinski definition) is 3. The van der Waals surface area contributed by atoms with E-state index in [-0.39, 0.29) is 0 Å². The second-order valence-corrected chi connectivity index (χ2v) is 5.50. The van der Waals surface area contributed by atoms with Gasteiger partial charge in [-0.25, -0.2) is 4.98 Å². The molecule has 17 heavy (non-hydrogen) atoms. The average molecular weight is 298 g/mol. The summed E-state index contributed by atoms with van der Waals surface area (Å²) in [5, 5.41) is 0.